The Morgan fingerprint density at radius 1 is 1.25 bits per heavy atom. The molecule has 6 heteroatoms. The molecule has 0 saturated heterocycles. The SMILES string of the molecule is CCNCCCS(=O)(=O)Nc1cnc2ccccc2c1. The number of rotatable bonds is 7. The first kappa shape index (κ1) is 14.7. The summed E-state index contributed by atoms with van der Waals surface area (Å²) in [6, 6.07) is 9.40. The lowest BCUT2D eigenvalue weighted by Gasteiger charge is -2.08. The molecule has 108 valence electrons. The van der Waals surface area contributed by atoms with Crippen molar-refractivity contribution in [3.8, 4) is 0 Å². The molecular weight excluding hydrogens is 274 g/mol. The van der Waals surface area contributed by atoms with Crippen molar-refractivity contribution in [2.24, 2.45) is 0 Å². The summed E-state index contributed by atoms with van der Waals surface area (Å²) in [4.78, 5) is 4.24. The van der Waals surface area contributed by atoms with E-state index in [9.17, 15) is 8.42 Å². The topological polar surface area (TPSA) is 71.1 Å². The first-order valence-corrected chi connectivity index (χ1v) is 8.32. The number of hydrogen-bond donors (Lipinski definition) is 2. The highest BCUT2D eigenvalue weighted by atomic mass is 32.2. The lowest BCUT2D eigenvalue weighted by atomic mass is 10.2. The Balaban J connectivity index is 2.03. The standard InChI is InChI=1S/C14H19N3O2S/c1-2-15-8-5-9-20(18,19)17-13-10-12-6-3-4-7-14(12)16-11-13/h3-4,6-7,10-11,15,17H,2,5,8-9H2,1H3. The van der Waals surface area contributed by atoms with Gasteiger partial charge in [-0.15, -0.1) is 0 Å². The van der Waals surface area contributed by atoms with Gasteiger partial charge >= 0.3 is 0 Å². The molecule has 0 aliphatic rings. The van der Waals surface area contributed by atoms with Gasteiger partial charge in [0.1, 0.15) is 0 Å². The van der Waals surface area contributed by atoms with E-state index >= 15 is 0 Å². The van der Waals surface area contributed by atoms with Crippen molar-refractivity contribution < 1.29 is 8.42 Å². The van der Waals surface area contributed by atoms with Crippen LogP contribution in [-0.4, -0.2) is 32.2 Å². The maximum Gasteiger partial charge on any atom is 0.232 e. The average molecular weight is 293 g/mol. The summed E-state index contributed by atoms with van der Waals surface area (Å²) in [6.45, 7) is 3.54. The number of aromatic nitrogens is 1. The molecule has 0 saturated carbocycles. The van der Waals surface area contributed by atoms with Crippen LogP contribution in [0.5, 0.6) is 0 Å². The molecule has 20 heavy (non-hydrogen) atoms. The summed E-state index contributed by atoms with van der Waals surface area (Å²) in [5.41, 5.74) is 1.36. The van der Waals surface area contributed by atoms with E-state index in [0.717, 1.165) is 17.4 Å². The smallest absolute Gasteiger partial charge is 0.232 e. The molecule has 2 rings (SSSR count). The lowest BCUT2D eigenvalue weighted by molar-refractivity contribution is 0.595. The van der Waals surface area contributed by atoms with Crippen LogP contribution in [0.25, 0.3) is 10.9 Å². The fourth-order valence-corrected chi connectivity index (χ4v) is 3.02. The number of sulfonamides is 1. The van der Waals surface area contributed by atoms with Crippen molar-refractivity contribution in [2.75, 3.05) is 23.6 Å². The van der Waals surface area contributed by atoms with Crippen molar-refractivity contribution in [3.63, 3.8) is 0 Å². The van der Waals surface area contributed by atoms with Crippen LogP contribution in [-0.2, 0) is 10.0 Å². The molecule has 2 N–H and O–H groups in total. The highest BCUT2D eigenvalue weighted by Gasteiger charge is 2.10. The minimum atomic E-state index is -3.31. The summed E-state index contributed by atoms with van der Waals surface area (Å²) >= 11 is 0. The Bertz CT molecular complexity index is 671. The number of fused-ring (bicyclic) bond motifs is 1. The van der Waals surface area contributed by atoms with Gasteiger partial charge < -0.3 is 5.32 Å². The quantitative estimate of drug-likeness (QED) is 0.766. The Morgan fingerprint density at radius 2 is 2.05 bits per heavy atom. The fourth-order valence-electron chi connectivity index (χ4n) is 1.92. The van der Waals surface area contributed by atoms with Crippen molar-refractivity contribution in [1.82, 2.24) is 10.3 Å². The number of benzene rings is 1. The van der Waals surface area contributed by atoms with Crippen LogP contribution in [0.2, 0.25) is 0 Å². The van der Waals surface area contributed by atoms with Crippen LogP contribution in [0.3, 0.4) is 0 Å². The molecule has 0 atom stereocenters. The Hall–Kier alpha value is -1.66. The normalized spacial score (nSPS) is 11.7. The van der Waals surface area contributed by atoms with Crippen molar-refractivity contribution >= 4 is 26.6 Å². The second-order valence-corrected chi connectivity index (χ2v) is 6.39. The van der Waals surface area contributed by atoms with Crippen LogP contribution in [0.1, 0.15) is 13.3 Å². The van der Waals surface area contributed by atoms with Gasteiger partial charge in [0.05, 0.1) is 23.2 Å². The van der Waals surface area contributed by atoms with Crippen LogP contribution in [0.4, 0.5) is 5.69 Å². The molecule has 0 radical (unpaired) electrons. The average Bonchev–Trinajstić information content (AvgIpc) is 2.43. The monoisotopic (exact) mass is 293 g/mol. The molecule has 0 amide bonds. The van der Waals surface area contributed by atoms with Crippen LogP contribution >= 0.6 is 0 Å². The Morgan fingerprint density at radius 3 is 2.85 bits per heavy atom. The first-order chi connectivity index (χ1) is 9.61. The zero-order chi connectivity index (χ0) is 14.4. The van der Waals surface area contributed by atoms with Crippen LogP contribution in [0.15, 0.2) is 36.5 Å². The second-order valence-electron chi connectivity index (χ2n) is 4.54. The highest BCUT2D eigenvalue weighted by Crippen LogP contribution is 2.17. The number of nitrogens with one attached hydrogen (secondary N) is 2. The number of para-hydroxylation sites is 1. The molecule has 0 spiro atoms. The maximum absolute atomic E-state index is 11.9. The molecule has 0 aliphatic carbocycles. The molecular formula is C14H19N3O2S. The summed E-state index contributed by atoms with van der Waals surface area (Å²) in [7, 11) is -3.31. The molecule has 0 fully saturated rings. The molecule has 1 aromatic heterocycles. The third-order valence-corrected chi connectivity index (χ3v) is 4.25. The van der Waals surface area contributed by atoms with Crippen LogP contribution < -0.4 is 10.0 Å². The predicted octanol–water partition coefficient (Wildman–Crippen LogP) is 1.98. The number of hydrogen-bond acceptors (Lipinski definition) is 4. The van der Waals surface area contributed by atoms with Gasteiger partial charge in [0, 0.05) is 5.39 Å². The van der Waals surface area contributed by atoms with Gasteiger partial charge in [-0.3, -0.25) is 9.71 Å². The summed E-state index contributed by atoms with van der Waals surface area (Å²) in [5.74, 6) is 0.104. The zero-order valence-electron chi connectivity index (χ0n) is 11.5. The lowest BCUT2D eigenvalue weighted by Crippen LogP contribution is -2.21. The van der Waals surface area contributed by atoms with Gasteiger partial charge in [0.2, 0.25) is 10.0 Å². The van der Waals surface area contributed by atoms with Gasteiger partial charge in [-0.1, -0.05) is 25.1 Å². The molecule has 1 heterocycles. The van der Waals surface area contributed by atoms with E-state index in [1.807, 2.05) is 31.2 Å². The van der Waals surface area contributed by atoms with E-state index in [1.54, 1.807) is 12.3 Å². The van der Waals surface area contributed by atoms with Crippen molar-refractivity contribution in [2.45, 2.75) is 13.3 Å². The van der Waals surface area contributed by atoms with E-state index in [4.69, 9.17) is 0 Å². The summed E-state index contributed by atoms with van der Waals surface area (Å²) < 4.78 is 26.4. The van der Waals surface area contributed by atoms with E-state index in [1.165, 1.54) is 0 Å². The summed E-state index contributed by atoms with van der Waals surface area (Å²) in [5, 5.41) is 4.02. The molecule has 0 bridgehead atoms. The van der Waals surface area contributed by atoms with Crippen molar-refractivity contribution in [1.29, 1.82) is 0 Å². The first-order valence-electron chi connectivity index (χ1n) is 6.67. The van der Waals surface area contributed by atoms with Gasteiger partial charge in [-0.25, -0.2) is 8.42 Å². The predicted molar refractivity (Wildman–Crippen MR) is 82.3 cm³/mol. The van der Waals surface area contributed by atoms with Crippen LogP contribution in [0, 0.1) is 0 Å². The van der Waals surface area contributed by atoms with E-state index in [0.29, 0.717) is 18.7 Å². The Labute approximate surface area is 119 Å². The third-order valence-electron chi connectivity index (χ3n) is 2.88. The van der Waals surface area contributed by atoms with Gasteiger partial charge in [-0.05, 0) is 31.6 Å². The second kappa shape index (κ2) is 6.67. The largest absolute Gasteiger partial charge is 0.317 e. The number of anilines is 1. The van der Waals surface area contributed by atoms with E-state index < -0.39 is 10.0 Å². The van der Waals surface area contributed by atoms with E-state index in [-0.39, 0.29) is 5.75 Å². The molecule has 1 aromatic carbocycles. The zero-order valence-corrected chi connectivity index (χ0v) is 12.3. The van der Waals surface area contributed by atoms with Gasteiger partial charge in [0.15, 0.2) is 0 Å². The fraction of sp³-hybridized carbons (Fsp3) is 0.357. The third kappa shape index (κ3) is 4.18. The molecule has 2 aromatic rings. The maximum atomic E-state index is 11.9. The summed E-state index contributed by atoms with van der Waals surface area (Å²) in [6.07, 6.45) is 2.13. The molecule has 0 unspecified atom stereocenters. The number of nitrogens with zero attached hydrogens (tertiary/aromatic N) is 1. The molecule has 5 nitrogen and oxygen atoms in total. The molecule has 0 aliphatic heterocycles. The van der Waals surface area contributed by atoms with E-state index in [2.05, 4.69) is 15.0 Å². The van der Waals surface area contributed by atoms with Gasteiger partial charge in [0.25, 0.3) is 0 Å². The van der Waals surface area contributed by atoms with Gasteiger partial charge in [-0.2, -0.15) is 0 Å². The highest BCUT2D eigenvalue weighted by molar-refractivity contribution is 7.92. The minimum absolute atomic E-state index is 0.104. The number of pyridine rings is 1. The van der Waals surface area contributed by atoms with Crippen molar-refractivity contribution in [3.05, 3.63) is 36.5 Å². The minimum Gasteiger partial charge on any atom is -0.317 e. The Kier molecular flexibility index (Phi) is 4.92.